The second-order valence-electron chi connectivity index (χ2n) is 14.4. The Morgan fingerprint density at radius 3 is 1.16 bits per heavy atom. The first-order valence-electron chi connectivity index (χ1n) is 22.4. The van der Waals surface area contributed by atoms with E-state index in [1.165, 1.54) is 51.4 Å². The number of aliphatic hydroxyl groups is 1. The summed E-state index contributed by atoms with van der Waals surface area (Å²) in [6.07, 6.45) is 66.4. The van der Waals surface area contributed by atoms with Crippen LogP contribution >= 0.6 is 0 Å². The summed E-state index contributed by atoms with van der Waals surface area (Å²) in [7, 11) is 0. The SMILES string of the molecule is CC/C=C\C/C=C\C/C=C\C/C=C\C/C=C\C/C=C\C/C=C\C/C=C\C/C=C\CCCCCCCCCCCC(=O)OC(CO)COC(=O)CCCCCCC. The molecular formula is C51H82O5. The summed E-state index contributed by atoms with van der Waals surface area (Å²) in [5.41, 5.74) is 0. The van der Waals surface area contributed by atoms with Gasteiger partial charge in [-0.1, -0.05) is 194 Å². The molecule has 0 rings (SSSR count). The lowest BCUT2D eigenvalue weighted by atomic mass is 10.1. The Morgan fingerprint density at radius 1 is 0.429 bits per heavy atom. The van der Waals surface area contributed by atoms with E-state index in [9.17, 15) is 14.7 Å². The maximum Gasteiger partial charge on any atom is 0.306 e. The van der Waals surface area contributed by atoms with E-state index in [0.717, 1.165) is 103 Å². The maximum absolute atomic E-state index is 12.1. The van der Waals surface area contributed by atoms with Crippen molar-refractivity contribution < 1.29 is 24.2 Å². The zero-order valence-electron chi connectivity index (χ0n) is 35.8. The van der Waals surface area contributed by atoms with Gasteiger partial charge >= 0.3 is 11.9 Å². The van der Waals surface area contributed by atoms with Crippen LogP contribution in [0.15, 0.2) is 109 Å². The van der Waals surface area contributed by atoms with Gasteiger partial charge in [0.2, 0.25) is 0 Å². The minimum Gasteiger partial charge on any atom is -0.462 e. The molecule has 0 spiro atoms. The van der Waals surface area contributed by atoms with Gasteiger partial charge in [0.15, 0.2) is 6.10 Å². The quantitative estimate of drug-likeness (QED) is 0.0382. The van der Waals surface area contributed by atoms with Gasteiger partial charge in [0.05, 0.1) is 6.61 Å². The predicted molar refractivity (Wildman–Crippen MR) is 242 cm³/mol. The molecule has 1 N–H and O–H groups in total. The fourth-order valence-corrected chi connectivity index (χ4v) is 5.72. The van der Waals surface area contributed by atoms with Crippen LogP contribution in [0, 0.1) is 0 Å². The molecule has 316 valence electrons. The molecule has 0 aromatic rings. The summed E-state index contributed by atoms with van der Waals surface area (Å²) in [5, 5.41) is 9.48. The number of rotatable bonds is 39. The Hall–Kier alpha value is -3.44. The van der Waals surface area contributed by atoms with Gasteiger partial charge in [-0.15, -0.1) is 0 Å². The number of unbranched alkanes of at least 4 members (excludes halogenated alkanes) is 13. The average molecular weight is 775 g/mol. The number of hydrogen-bond donors (Lipinski definition) is 1. The summed E-state index contributed by atoms with van der Waals surface area (Å²) in [6, 6.07) is 0. The fraction of sp³-hybridized carbons (Fsp3) is 0.608. The molecule has 0 radical (unpaired) electrons. The maximum atomic E-state index is 12.1. The van der Waals surface area contributed by atoms with Gasteiger partial charge in [0, 0.05) is 12.8 Å². The largest absolute Gasteiger partial charge is 0.462 e. The first-order chi connectivity index (χ1) is 27.6. The Morgan fingerprint density at radius 2 is 0.768 bits per heavy atom. The van der Waals surface area contributed by atoms with Gasteiger partial charge in [0.1, 0.15) is 6.61 Å². The van der Waals surface area contributed by atoms with Crippen LogP contribution in [0.2, 0.25) is 0 Å². The van der Waals surface area contributed by atoms with E-state index in [2.05, 4.69) is 123 Å². The van der Waals surface area contributed by atoms with Crippen molar-refractivity contribution in [2.75, 3.05) is 13.2 Å². The molecule has 0 saturated heterocycles. The van der Waals surface area contributed by atoms with Gasteiger partial charge in [-0.3, -0.25) is 9.59 Å². The van der Waals surface area contributed by atoms with Crippen LogP contribution in [0.4, 0.5) is 0 Å². The molecule has 0 fully saturated rings. The number of aliphatic hydroxyl groups excluding tert-OH is 1. The van der Waals surface area contributed by atoms with Crippen LogP contribution < -0.4 is 0 Å². The molecule has 0 aromatic carbocycles. The molecule has 1 unspecified atom stereocenters. The van der Waals surface area contributed by atoms with Crippen LogP contribution in [0.25, 0.3) is 0 Å². The molecule has 56 heavy (non-hydrogen) atoms. The van der Waals surface area contributed by atoms with Crippen LogP contribution in [0.3, 0.4) is 0 Å². The second kappa shape index (κ2) is 45.9. The van der Waals surface area contributed by atoms with E-state index >= 15 is 0 Å². The summed E-state index contributed by atoms with van der Waals surface area (Å²) < 4.78 is 10.5. The zero-order valence-corrected chi connectivity index (χ0v) is 35.8. The van der Waals surface area contributed by atoms with Gasteiger partial charge in [-0.25, -0.2) is 0 Å². The third kappa shape index (κ3) is 43.3. The predicted octanol–water partition coefficient (Wildman–Crippen LogP) is 14.6. The lowest BCUT2D eigenvalue weighted by Crippen LogP contribution is -2.28. The standard InChI is InChI=1S/C51H82O5/c1-3-5-7-9-10-11-12-13-14-15-16-17-18-19-20-21-22-23-24-25-26-27-28-29-30-31-32-33-34-35-36-37-38-39-40-42-44-46-51(54)56-49(47-52)48-55-50(53)45-43-41-8-6-4-2/h5,7,10-11,13-14,16-17,19-20,22-23,25-26,28-29,31-32,49,52H,3-4,6,8-9,12,15,18,21,24,27,30,33-48H2,1-2H3/b7-5-,11-10-,14-13-,17-16-,20-19-,23-22-,26-25-,29-28-,32-31-. The summed E-state index contributed by atoms with van der Waals surface area (Å²) in [6.45, 7) is 3.91. The molecule has 0 aromatic heterocycles. The molecule has 0 aliphatic heterocycles. The first-order valence-corrected chi connectivity index (χ1v) is 22.4. The lowest BCUT2D eigenvalue weighted by molar-refractivity contribution is -0.161. The van der Waals surface area contributed by atoms with E-state index in [-0.39, 0.29) is 25.2 Å². The number of carbonyl (C=O) groups excluding carboxylic acids is 2. The highest BCUT2D eigenvalue weighted by Gasteiger charge is 2.16. The minimum atomic E-state index is -0.775. The molecule has 5 heteroatoms. The number of esters is 2. The molecule has 0 aliphatic rings. The van der Waals surface area contributed by atoms with Crippen molar-refractivity contribution in [3.8, 4) is 0 Å². The van der Waals surface area contributed by atoms with E-state index in [4.69, 9.17) is 9.47 Å². The van der Waals surface area contributed by atoms with Gasteiger partial charge < -0.3 is 14.6 Å². The van der Waals surface area contributed by atoms with Gasteiger partial charge in [0.25, 0.3) is 0 Å². The highest BCUT2D eigenvalue weighted by molar-refractivity contribution is 5.70. The van der Waals surface area contributed by atoms with Crippen molar-refractivity contribution in [2.45, 2.75) is 187 Å². The number of ether oxygens (including phenoxy) is 2. The monoisotopic (exact) mass is 775 g/mol. The van der Waals surface area contributed by atoms with Crippen molar-refractivity contribution in [3.05, 3.63) is 109 Å². The lowest BCUT2D eigenvalue weighted by Gasteiger charge is -2.15. The normalized spacial score (nSPS) is 13.3. The number of allylic oxidation sites excluding steroid dienone is 18. The molecule has 0 saturated carbocycles. The Kier molecular flexibility index (Phi) is 43.1. The third-order valence-corrected chi connectivity index (χ3v) is 9.08. The molecule has 0 heterocycles. The van der Waals surface area contributed by atoms with Crippen LogP contribution in [-0.2, 0) is 19.1 Å². The summed E-state index contributed by atoms with van der Waals surface area (Å²) in [5.74, 6) is -0.620. The van der Waals surface area contributed by atoms with Crippen LogP contribution in [0.1, 0.15) is 181 Å². The third-order valence-electron chi connectivity index (χ3n) is 9.08. The van der Waals surface area contributed by atoms with E-state index < -0.39 is 6.10 Å². The highest BCUT2D eigenvalue weighted by Crippen LogP contribution is 2.13. The second-order valence-corrected chi connectivity index (χ2v) is 14.4. The fourth-order valence-electron chi connectivity index (χ4n) is 5.72. The summed E-state index contributed by atoms with van der Waals surface area (Å²) in [4.78, 5) is 24.0. The molecule has 1 atom stereocenters. The Labute approximate surface area is 344 Å². The molecule has 5 nitrogen and oxygen atoms in total. The van der Waals surface area contributed by atoms with Gasteiger partial charge in [-0.2, -0.15) is 0 Å². The van der Waals surface area contributed by atoms with Crippen molar-refractivity contribution in [1.82, 2.24) is 0 Å². The first kappa shape index (κ1) is 52.6. The summed E-state index contributed by atoms with van der Waals surface area (Å²) >= 11 is 0. The Bertz CT molecular complexity index is 1150. The van der Waals surface area contributed by atoms with E-state index in [1.54, 1.807) is 0 Å². The molecule has 0 aliphatic carbocycles. The molecule has 0 amide bonds. The molecule has 0 bridgehead atoms. The van der Waals surface area contributed by atoms with Crippen molar-refractivity contribution >= 4 is 11.9 Å². The minimum absolute atomic E-state index is 0.0740. The van der Waals surface area contributed by atoms with E-state index in [0.29, 0.717) is 12.8 Å². The van der Waals surface area contributed by atoms with Crippen LogP contribution in [0.5, 0.6) is 0 Å². The van der Waals surface area contributed by atoms with Crippen molar-refractivity contribution in [2.24, 2.45) is 0 Å². The average Bonchev–Trinajstić information content (AvgIpc) is 3.20. The smallest absolute Gasteiger partial charge is 0.306 e. The van der Waals surface area contributed by atoms with Crippen LogP contribution in [-0.4, -0.2) is 36.4 Å². The van der Waals surface area contributed by atoms with Crippen molar-refractivity contribution in [1.29, 1.82) is 0 Å². The van der Waals surface area contributed by atoms with E-state index in [1.807, 2.05) is 0 Å². The highest BCUT2D eigenvalue weighted by atomic mass is 16.6. The van der Waals surface area contributed by atoms with Gasteiger partial charge in [-0.05, 0) is 83.5 Å². The number of hydrogen-bond acceptors (Lipinski definition) is 5. The van der Waals surface area contributed by atoms with Crippen molar-refractivity contribution in [3.63, 3.8) is 0 Å². The zero-order chi connectivity index (χ0) is 40.7. The Balaban J connectivity index is 3.58. The topological polar surface area (TPSA) is 72.8 Å². The molecular weight excluding hydrogens is 693 g/mol. The number of carbonyl (C=O) groups is 2.